The maximum Gasteiger partial charge on any atom is 0.128 e. The molecule has 0 aliphatic rings. The van der Waals surface area contributed by atoms with Crippen LogP contribution in [0.15, 0.2) is 12.1 Å². The lowest BCUT2D eigenvalue weighted by molar-refractivity contribution is 0.00815. The quantitative estimate of drug-likeness (QED) is 0.884. The predicted octanol–water partition coefficient (Wildman–Crippen LogP) is 2.48. The highest BCUT2D eigenvalue weighted by atomic mass is 35.5. The molecule has 0 spiro atoms. The molecule has 0 aromatic heterocycles. The van der Waals surface area contributed by atoms with E-state index in [1.807, 2.05) is 26.0 Å². The van der Waals surface area contributed by atoms with E-state index < -0.39 is 5.60 Å². The molecule has 0 fully saturated rings. The van der Waals surface area contributed by atoms with Gasteiger partial charge in [-0.3, -0.25) is 0 Å². The van der Waals surface area contributed by atoms with Crippen LogP contribution >= 0.6 is 11.6 Å². The molecule has 0 saturated carbocycles. The third-order valence-electron chi connectivity index (χ3n) is 2.85. The molecule has 90 valence electrons. The van der Waals surface area contributed by atoms with E-state index in [9.17, 15) is 0 Å². The Labute approximate surface area is 101 Å². The van der Waals surface area contributed by atoms with E-state index in [1.165, 1.54) is 0 Å². The van der Waals surface area contributed by atoms with Crippen LogP contribution in [0.2, 0.25) is 5.02 Å². The van der Waals surface area contributed by atoms with Gasteiger partial charge in [0.1, 0.15) is 11.4 Å². The minimum atomic E-state index is -0.582. The van der Waals surface area contributed by atoms with Crippen LogP contribution in [0, 0.1) is 6.92 Å². The van der Waals surface area contributed by atoms with Crippen LogP contribution in [-0.2, 0) is 10.3 Å². The molecule has 16 heavy (non-hydrogen) atoms. The van der Waals surface area contributed by atoms with Crippen LogP contribution in [0.4, 0.5) is 0 Å². The van der Waals surface area contributed by atoms with E-state index >= 15 is 0 Å². The Balaban J connectivity index is 3.41. The standard InChI is InChI=1S/C12H18ClNO2/c1-8-5-9(13)6-10(11(8)15-3)12(2,7-14)16-4/h5-6H,7,14H2,1-4H3. The van der Waals surface area contributed by atoms with Gasteiger partial charge in [0.25, 0.3) is 0 Å². The molecule has 1 aromatic carbocycles. The maximum absolute atomic E-state index is 6.05. The van der Waals surface area contributed by atoms with Crippen molar-refractivity contribution >= 4 is 11.6 Å². The van der Waals surface area contributed by atoms with Gasteiger partial charge in [0.2, 0.25) is 0 Å². The minimum Gasteiger partial charge on any atom is -0.496 e. The van der Waals surface area contributed by atoms with Crippen molar-refractivity contribution in [3.05, 3.63) is 28.3 Å². The fraction of sp³-hybridized carbons (Fsp3) is 0.500. The fourth-order valence-electron chi connectivity index (χ4n) is 1.70. The summed E-state index contributed by atoms with van der Waals surface area (Å²) >= 11 is 6.05. The number of aryl methyl sites for hydroxylation is 1. The highest BCUT2D eigenvalue weighted by molar-refractivity contribution is 6.30. The molecule has 1 aromatic rings. The fourth-order valence-corrected chi connectivity index (χ4v) is 1.97. The monoisotopic (exact) mass is 243 g/mol. The highest BCUT2D eigenvalue weighted by Gasteiger charge is 2.29. The normalized spacial score (nSPS) is 14.6. The van der Waals surface area contributed by atoms with E-state index in [-0.39, 0.29) is 0 Å². The molecule has 3 nitrogen and oxygen atoms in total. The van der Waals surface area contributed by atoms with Crippen molar-refractivity contribution in [3.8, 4) is 5.75 Å². The molecule has 0 bridgehead atoms. The molecular weight excluding hydrogens is 226 g/mol. The lowest BCUT2D eigenvalue weighted by Gasteiger charge is -2.29. The third-order valence-corrected chi connectivity index (χ3v) is 3.07. The molecule has 0 amide bonds. The van der Waals surface area contributed by atoms with E-state index in [2.05, 4.69) is 0 Å². The zero-order chi connectivity index (χ0) is 12.3. The molecule has 0 aliphatic heterocycles. The summed E-state index contributed by atoms with van der Waals surface area (Å²) in [7, 11) is 3.26. The molecule has 0 aliphatic carbocycles. The molecule has 1 unspecified atom stereocenters. The van der Waals surface area contributed by atoms with E-state index in [0.29, 0.717) is 11.6 Å². The second-order valence-corrected chi connectivity index (χ2v) is 4.38. The summed E-state index contributed by atoms with van der Waals surface area (Å²) in [4.78, 5) is 0. The molecular formula is C12H18ClNO2. The number of ether oxygens (including phenoxy) is 2. The van der Waals surface area contributed by atoms with Gasteiger partial charge in [-0.05, 0) is 31.5 Å². The first-order valence-corrected chi connectivity index (χ1v) is 5.46. The Morgan fingerprint density at radius 3 is 2.44 bits per heavy atom. The van der Waals surface area contributed by atoms with Gasteiger partial charge in [-0.15, -0.1) is 0 Å². The Morgan fingerprint density at radius 1 is 1.38 bits per heavy atom. The van der Waals surface area contributed by atoms with Crippen molar-refractivity contribution in [2.75, 3.05) is 20.8 Å². The summed E-state index contributed by atoms with van der Waals surface area (Å²) in [5, 5.41) is 0.657. The highest BCUT2D eigenvalue weighted by Crippen LogP contribution is 2.36. The van der Waals surface area contributed by atoms with Gasteiger partial charge in [0.15, 0.2) is 0 Å². The van der Waals surface area contributed by atoms with E-state index in [4.69, 9.17) is 26.8 Å². The SMILES string of the molecule is COc1c(C)cc(Cl)cc1C(C)(CN)OC. The van der Waals surface area contributed by atoms with Crippen molar-refractivity contribution in [1.29, 1.82) is 0 Å². The Bertz CT molecular complexity index is 376. The van der Waals surface area contributed by atoms with Gasteiger partial charge in [-0.25, -0.2) is 0 Å². The number of benzene rings is 1. The second-order valence-electron chi connectivity index (χ2n) is 3.94. The number of halogens is 1. The molecule has 0 heterocycles. The Morgan fingerprint density at radius 2 is 2.00 bits per heavy atom. The number of rotatable bonds is 4. The van der Waals surface area contributed by atoms with Crippen LogP contribution in [0.3, 0.4) is 0 Å². The average molecular weight is 244 g/mol. The van der Waals surface area contributed by atoms with Gasteiger partial charge in [0, 0.05) is 24.2 Å². The van der Waals surface area contributed by atoms with Crippen molar-refractivity contribution in [1.82, 2.24) is 0 Å². The smallest absolute Gasteiger partial charge is 0.128 e. The topological polar surface area (TPSA) is 44.5 Å². The van der Waals surface area contributed by atoms with Gasteiger partial charge in [0.05, 0.1) is 7.11 Å². The summed E-state index contributed by atoms with van der Waals surface area (Å²) in [6.45, 7) is 4.22. The van der Waals surface area contributed by atoms with Gasteiger partial charge >= 0.3 is 0 Å². The molecule has 1 rings (SSSR count). The summed E-state index contributed by atoms with van der Waals surface area (Å²) in [6.07, 6.45) is 0. The van der Waals surface area contributed by atoms with Crippen LogP contribution < -0.4 is 10.5 Å². The lowest BCUT2D eigenvalue weighted by atomic mass is 9.93. The van der Waals surface area contributed by atoms with Crippen molar-refractivity contribution in [2.24, 2.45) is 5.73 Å². The zero-order valence-corrected chi connectivity index (χ0v) is 10.9. The molecule has 0 saturated heterocycles. The number of hydrogen-bond donors (Lipinski definition) is 1. The molecule has 4 heteroatoms. The predicted molar refractivity (Wildman–Crippen MR) is 66.2 cm³/mol. The minimum absolute atomic E-state index is 0.361. The zero-order valence-electron chi connectivity index (χ0n) is 10.1. The first-order chi connectivity index (χ1) is 7.48. The van der Waals surface area contributed by atoms with Gasteiger partial charge in [-0.2, -0.15) is 0 Å². The number of hydrogen-bond acceptors (Lipinski definition) is 3. The largest absolute Gasteiger partial charge is 0.496 e. The van der Waals surface area contributed by atoms with Crippen LogP contribution in [0.1, 0.15) is 18.1 Å². The van der Waals surface area contributed by atoms with Gasteiger partial charge in [-0.1, -0.05) is 11.6 Å². The third kappa shape index (κ3) is 2.32. The molecule has 0 radical (unpaired) electrons. The molecule has 2 N–H and O–H groups in total. The number of methoxy groups -OCH3 is 2. The molecule has 1 atom stereocenters. The second kappa shape index (κ2) is 5.04. The van der Waals surface area contributed by atoms with Crippen molar-refractivity contribution < 1.29 is 9.47 Å². The summed E-state index contributed by atoms with van der Waals surface area (Å²) in [5.74, 6) is 0.777. The number of nitrogens with two attached hydrogens (primary N) is 1. The van der Waals surface area contributed by atoms with Crippen LogP contribution in [0.5, 0.6) is 5.75 Å². The van der Waals surface area contributed by atoms with Crippen molar-refractivity contribution in [2.45, 2.75) is 19.4 Å². The first-order valence-electron chi connectivity index (χ1n) is 5.08. The summed E-state index contributed by atoms with van der Waals surface area (Å²) in [6, 6.07) is 3.69. The van der Waals surface area contributed by atoms with Crippen LogP contribution in [-0.4, -0.2) is 20.8 Å². The van der Waals surface area contributed by atoms with E-state index in [1.54, 1.807) is 14.2 Å². The average Bonchev–Trinajstić information content (AvgIpc) is 2.27. The Hall–Kier alpha value is -0.770. The summed E-state index contributed by atoms with van der Waals surface area (Å²) in [5.41, 5.74) is 7.02. The lowest BCUT2D eigenvalue weighted by Crippen LogP contribution is -2.34. The van der Waals surface area contributed by atoms with Gasteiger partial charge < -0.3 is 15.2 Å². The van der Waals surface area contributed by atoms with Crippen LogP contribution in [0.25, 0.3) is 0 Å². The first kappa shape index (κ1) is 13.3. The van der Waals surface area contributed by atoms with Crippen molar-refractivity contribution in [3.63, 3.8) is 0 Å². The Kier molecular flexibility index (Phi) is 4.19. The maximum atomic E-state index is 6.05. The van der Waals surface area contributed by atoms with E-state index in [0.717, 1.165) is 16.9 Å². The summed E-state index contributed by atoms with van der Waals surface area (Å²) < 4.78 is 10.8.